The van der Waals surface area contributed by atoms with Gasteiger partial charge in [-0.25, -0.2) is 0 Å². The molecular formula is C27H45NO2. The van der Waals surface area contributed by atoms with Gasteiger partial charge in [0, 0.05) is 6.04 Å². The SMILES string of the molecule is C[C@@H]1CC[C@H]([C@@H](C)[C@H]2[C@H](O)C[C@H]3[C@@H]4CC=C5C[C@@H](O)CC[C@]5(C)[C@@H]4CC[C@]23C)NC1. The standard InChI is InChI=1S/C27H45NO2/c1-16-5-8-23(28-15-16)17(2)25-24(30)14-22-20-7-6-18-13-19(29)9-11-26(18,3)21(20)10-12-27(22,25)4/h6,16-17,19-25,28-30H,5,7-15H2,1-4H3/t16-,17-,19+,20-,21-,22+,23-,24-,25+,26+,27+/m1/s1. The van der Waals surface area contributed by atoms with Gasteiger partial charge in [-0.3, -0.25) is 0 Å². The first kappa shape index (κ1) is 21.5. The van der Waals surface area contributed by atoms with Gasteiger partial charge < -0.3 is 15.5 Å². The van der Waals surface area contributed by atoms with Crippen LogP contribution in [0, 0.1) is 46.3 Å². The Bertz CT molecular complexity index is 682. The molecule has 0 unspecified atom stereocenters. The van der Waals surface area contributed by atoms with E-state index in [1.165, 1.54) is 32.1 Å². The van der Waals surface area contributed by atoms with Crippen LogP contribution in [0.15, 0.2) is 11.6 Å². The van der Waals surface area contributed by atoms with Gasteiger partial charge in [-0.2, -0.15) is 0 Å². The summed E-state index contributed by atoms with van der Waals surface area (Å²) in [5.41, 5.74) is 2.12. The molecule has 3 nitrogen and oxygen atoms in total. The van der Waals surface area contributed by atoms with E-state index in [4.69, 9.17) is 0 Å². The molecule has 1 aliphatic heterocycles. The van der Waals surface area contributed by atoms with Crippen LogP contribution in [0.25, 0.3) is 0 Å². The third kappa shape index (κ3) is 3.17. The Morgan fingerprint density at radius 3 is 2.60 bits per heavy atom. The van der Waals surface area contributed by atoms with Gasteiger partial charge in [-0.1, -0.05) is 39.3 Å². The maximum absolute atomic E-state index is 11.4. The molecule has 0 radical (unpaired) electrons. The minimum absolute atomic E-state index is 0.126. The Kier molecular flexibility index (Phi) is 5.43. The second-order valence-electron chi connectivity index (χ2n) is 12.6. The quantitative estimate of drug-likeness (QED) is 0.561. The summed E-state index contributed by atoms with van der Waals surface area (Å²) in [5, 5.41) is 25.5. The molecule has 3 heteroatoms. The maximum Gasteiger partial charge on any atom is 0.0579 e. The maximum atomic E-state index is 11.4. The molecule has 11 atom stereocenters. The highest BCUT2D eigenvalue weighted by atomic mass is 16.3. The van der Waals surface area contributed by atoms with E-state index in [0.29, 0.717) is 29.2 Å². The molecule has 0 amide bonds. The number of nitrogens with one attached hydrogen (secondary N) is 1. The van der Waals surface area contributed by atoms with Crippen molar-refractivity contribution < 1.29 is 10.2 Å². The number of allylic oxidation sites excluding steroid dienone is 1. The molecule has 0 spiro atoms. The number of aliphatic hydroxyl groups excluding tert-OH is 2. The third-order valence-corrected chi connectivity index (χ3v) is 11.1. The van der Waals surface area contributed by atoms with Crippen molar-refractivity contribution in [2.24, 2.45) is 46.3 Å². The highest BCUT2D eigenvalue weighted by Gasteiger charge is 2.62. The predicted molar refractivity (Wildman–Crippen MR) is 122 cm³/mol. The summed E-state index contributed by atoms with van der Waals surface area (Å²) >= 11 is 0. The zero-order valence-electron chi connectivity index (χ0n) is 19.7. The van der Waals surface area contributed by atoms with Crippen molar-refractivity contribution in [1.29, 1.82) is 0 Å². The fourth-order valence-corrected chi connectivity index (χ4v) is 9.36. The van der Waals surface area contributed by atoms with Gasteiger partial charge in [-0.15, -0.1) is 0 Å². The van der Waals surface area contributed by atoms with Crippen molar-refractivity contribution in [3.63, 3.8) is 0 Å². The summed E-state index contributed by atoms with van der Waals surface area (Å²) in [7, 11) is 0. The summed E-state index contributed by atoms with van der Waals surface area (Å²) in [5.74, 6) is 3.90. The topological polar surface area (TPSA) is 52.5 Å². The molecule has 170 valence electrons. The lowest BCUT2D eigenvalue weighted by Gasteiger charge is -2.58. The molecule has 0 aromatic rings. The average molecular weight is 416 g/mol. The molecule has 5 aliphatic rings. The molecule has 4 aliphatic carbocycles. The zero-order valence-corrected chi connectivity index (χ0v) is 19.7. The van der Waals surface area contributed by atoms with Crippen molar-refractivity contribution in [3.8, 4) is 0 Å². The van der Waals surface area contributed by atoms with Gasteiger partial charge in [0.1, 0.15) is 0 Å². The van der Waals surface area contributed by atoms with E-state index < -0.39 is 0 Å². The second-order valence-corrected chi connectivity index (χ2v) is 12.6. The molecule has 0 bridgehead atoms. The smallest absolute Gasteiger partial charge is 0.0579 e. The number of piperidine rings is 1. The summed E-state index contributed by atoms with van der Waals surface area (Å²) in [4.78, 5) is 0. The first-order valence-electron chi connectivity index (χ1n) is 13.0. The van der Waals surface area contributed by atoms with E-state index in [9.17, 15) is 10.2 Å². The molecule has 5 rings (SSSR count). The van der Waals surface area contributed by atoms with Crippen molar-refractivity contribution in [3.05, 3.63) is 11.6 Å². The molecule has 1 heterocycles. The minimum Gasteiger partial charge on any atom is -0.393 e. The van der Waals surface area contributed by atoms with Gasteiger partial charge in [0.05, 0.1) is 12.2 Å². The number of aliphatic hydroxyl groups is 2. The Morgan fingerprint density at radius 1 is 1.07 bits per heavy atom. The number of hydrogen-bond donors (Lipinski definition) is 3. The van der Waals surface area contributed by atoms with E-state index in [1.807, 2.05) is 0 Å². The summed E-state index contributed by atoms with van der Waals surface area (Å²) in [6.07, 6.45) is 12.6. The first-order chi connectivity index (χ1) is 14.2. The van der Waals surface area contributed by atoms with Crippen LogP contribution in [0.4, 0.5) is 0 Å². The summed E-state index contributed by atoms with van der Waals surface area (Å²) in [6, 6.07) is 0.573. The Balaban J connectivity index is 1.39. The average Bonchev–Trinajstić information content (AvgIpc) is 2.98. The highest BCUT2D eigenvalue weighted by molar-refractivity contribution is 5.25. The van der Waals surface area contributed by atoms with Gasteiger partial charge >= 0.3 is 0 Å². The molecule has 1 saturated heterocycles. The Labute approximate surface area is 184 Å². The Hall–Kier alpha value is -0.380. The largest absolute Gasteiger partial charge is 0.393 e. The zero-order chi connectivity index (χ0) is 21.3. The monoisotopic (exact) mass is 415 g/mol. The lowest BCUT2D eigenvalue weighted by molar-refractivity contribution is -0.0655. The molecular weight excluding hydrogens is 370 g/mol. The van der Waals surface area contributed by atoms with Crippen LogP contribution < -0.4 is 5.32 Å². The number of fused-ring (bicyclic) bond motifs is 5. The van der Waals surface area contributed by atoms with E-state index >= 15 is 0 Å². The summed E-state index contributed by atoms with van der Waals surface area (Å²) in [6.45, 7) is 11.0. The van der Waals surface area contributed by atoms with E-state index in [-0.39, 0.29) is 17.6 Å². The molecule has 30 heavy (non-hydrogen) atoms. The van der Waals surface area contributed by atoms with Crippen molar-refractivity contribution in [1.82, 2.24) is 5.32 Å². The Morgan fingerprint density at radius 2 is 1.87 bits per heavy atom. The van der Waals surface area contributed by atoms with Crippen LogP contribution >= 0.6 is 0 Å². The van der Waals surface area contributed by atoms with Crippen LogP contribution in [-0.2, 0) is 0 Å². The van der Waals surface area contributed by atoms with Crippen molar-refractivity contribution in [2.45, 2.75) is 104 Å². The van der Waals surface area contributed by atoms with Crippen molar-refractivity contribution in [2.75, 3.05) is 6.54 Å². The normalized spacial score (nSPS) is 54.5. The second kappa shape index (κ2) is 7.59. The molecule has 3 N–H and O–H groups in total. The highest BCUT2D eigenvalue weighted by Crippen LogP contribution is 2.67. The van der Waals surface area contributed by atoms with E-state index in [0.717, 1.165) is 50.0 Å². The fourth-order valence-electron chi connectivity index (χ4n) is 9.36. The first-order valence-corrected chi connectivity index (χ1v) is 13.0. The lowest BCUT2D eigenvalue weighted by atomic mass is 9.47. The third-order valence-electron chi connectivity index (χ3n) is 11.1. The summed E-state index contributed by atoms with van der Waals surface area (Å²) < 4.78 is 0. The van der Waals surface area contributed by atoms with Gasteiger partial charge in [0.15, 0.2) is 0 Å². The molecule has 0 aromatic heterocycles. The van der Waals surface area contributed by atoms with Crippen molar-refractivity contribution >= 4 is 0 Å². The fraction of sp³-hybridized carbons (Fsp3) is 0.926. The van der Waals surface area contributed by atoms with E-state index in [1.54, 1.807) is 5.57 Å². The van der Waals surface area contributed by atoms with Crippen LogP contribution in [0.5, 0.6) is 0 Å². The van der Waals surface area contributed by atoms with Crippen LogP contribution in [0.1, 0.15) is 85.5 Å². The van der Waals surface area contributed by atoms with Crippen LogP contribution in [0.2, 0.25) is 0 Å². The molecule has 3 saturated carbocycles. The van der Waals surface area contributed by atoms with E-state index in [2.05, 4.69) is 39.1 Å². The number of rotatable bonds is 2. The van der Waals surface area contributed by atoms with Gasteiger partial charge in [-0.05, 0) is 111 Å². The predicted octanol–water partition coefficient (Wildman–Crippen LogP) is 4.92. The number of hydrogen-bond acceptors (Lipinski definition) is 3. The lowest BCUT2D eigenvalue weighted by Crippen LogP contribution is -2.53. The van der Waals surface area contributed by atoms with Gasteiger partial charge in [0.25, 0.3) is 0 Å². The van der Waals surface area contributed by atoms with Crippen LogP contribution in [-0.4, -0.2) is 35.0 Å². The molecule has 4 fully saturated rings. The minimum atomic E-state index is -0.138. The van der Waals surface area contributed by atoms with Crippen LogP contribution in [0.3, 0.4) is 0 Å². The van der Waals surface area contributed by atoms with Gasteiger partial charge in [0.2, 0.25) is 0 Å². The molecule has 0 aromatic carbocycles.